The Morgan fingerprint density at radius 2 is 2.25 bits per heavy atom. The molecule has 1 aliphatic heterocycles. The molecule has 28 heavy (non-hydrogen) atoms. The molecule has 3 rings (SSSR count). The summed E-state index contributed by atoms with van der Waals surface area (Å²) in [6.07, 6.45) is 1.03. The first kappa shape index (κ1) is 22.9. The predicted molar refractivity (Wildman–Crippen MR) is 125 cm³/mol. The highest BCUT2D eigenvalue weighted by Crippen LogP contribution is 2.28. The van der Waals surface area contributed by atoms with Gasteiger partial charge in [-0.1, -0.05) is 18.2 Å². The largest absolute Gasteiger partial charge is 0.488 e. The summed E-state index contributed by atoms with van der Waals surface area (Å²) in [5, 5.41) is 6.44. The molecule has 0 spiro atoms. The van der Waals surface area contributed by atoms with E-state index in [1.165, 1.54) is 5.56 Å². The van der Waals surface area contributed by atoms with E-state index in [2.05, 4.69) is 39.6 Å². The molecule has 8 heteroatoms. The van der Waals surface area contributed by atoms with Crippen LogP contribution in [0.5, 0.6) is 5.75 Å². The number of aliphatic imine (C=N–C) groups is 1. The van der Waals surface area contributed by atoms with E-state index in [1.54, 1.807) is 18.4 Å². The number of thiazole rings is 1. The van der Waals surface area contributed by atoms with Crippen LogP contribution in [0.25, 0.3) is 0 Å². The van der Waals surface area contributed by atoms with Crippen LogP contribution in [0, 0.1) is 0 Å². The average Bonchev–Trinajstić information content (AvgIpc) is 3.30. The molecule has 0 amide bonds. The molecule has 2 aromatic rings. The van der Waals surface area contributed by atoms with Crippen molar-refractivity contribution in [2.24, 2.45) is 4.99 Å². The summed E-state index contributed by atoms with van der Waals surface area (Å²) in [7, 11) is 3.74. The SMILES string of the molecule is CCNC(=NCC1Cc2ccccc2O1)N(C)Cc1csc(C(C)OC)n1.I. The van der Waals surface area contributed by atoms with Crippen LogP contribution in [0.1, 0.15) is 36.2 Å². The molecule has 2 unspecified atom stereocenters. The van der Waals surface area contributed by atoms with Gasteiger partial charge in [-0.3, -0.25) is 0 Å². The second-order valence-corrected chi connectivity index (χ2v) is 7.55. The van der Waals surface area contributed by atoms with Crippen LogP contribution < -0.4 is 10.1 Å². The van der Waals surface area contributed by atoms with E-state index in [1.807, 2.05) is 26.1 Å². The molecular weight excluding hydrogens is 487 g/mol. The number of nitrogens with one attached hydrogen (secondary N) is 1. The maximum absolute atomic E-state index is 6.00. The van der Waals surface area contributed by atoms with Gasteiger partial charge in [0.2, 0.25) is 0 Å². The van der Waals surface area contributed by atoms with Crippen LogP contribution in [0.2, 0.25) is 0 Å². The fourth-order valence-corrected chi connectivity index (χ4v) is 3.86. The van der Waals surface area contributed by atoms with Gasteiger partial charge in [-0.2, -0.15) is 0 Å². The van der Waals surface area contributed by atoms with Crippen molar-refractivity contribution in [2.75, 3.05) is 27.2 Å². The first-order valence-corrected chi connectivity index (χ1v) is 10.2. The summed E-state index contributed by atoms with van der Waals surface area (Å²) in [4.78, 5) is 11.6. The number of fused-ring (bicyclic) bond motifs is 1. The Bertz CT molecular complexity index is 758. The lowest BCUT2D eigenvalue weighted by molar-refractivity contribution is 0.119. The van der Waals surface area contributed by atoms with Gasteiger partial charge in [0.1, 0.15) is 23.0 Å². The molecule has 1 aromatic heterocycles. The van der Waals surface area contributed by atoms with Crippen molar-refractivity contribution in [3.05, 3.63) is 45.9 Å². The third-order valence-corrected chi connectivity index (χ3v) is 5.58. The van der Waals surface area contributed by atoms with Crippen molar-refractivity contribution in [1.82, 2.24) is 15.2 Å². The number of benzene rings is 1. The molecular formula is C20H29IN4O2S. The summed E-state index contributed by atoms with van der Waals surface area (Å²) in [6, 6.07) is 8.21. The summed E-state index contributed by atoms with van der Waals surface area (Å²) in [5.74, 6) is 1.85. The van der Waals surface area contributed by atoms with E-state index in [4.69, 9.17) is 14.5 Å². The lowest BCUT2D eigenvalue weighted by atomic mass is 10.1. The fraction of sp³-hybridized carbons (Fsp3) is 0.500. The Balaban J connectivity index is 0.00000280. The third-order valence-electron chi connectivity index (χ3n) is 4.52. The molecule has 0 radical (unpaired) electrons. The monoisotopic (exact) mass is 516 g/mol. The van der Waals surface area contributed by atoms with E-state index in [0.717, 1.165) is 35.4 Å². The molecule has 6 nitrogen and oxygen atoms in total. The quantitative estimate of drug-likeness (QED) is 0.344. The highest BCUT2D eigenvalue weighted by Gasteiger charge is 2.22. The Hall–Kier alpha value is -1.39. The Morgan fingerprint density at radius 3 is 2.96 bits per heavy atom. The van der Waals surface area contributed by atoms with Crippen molar-refractivity contribution in [3.63, 3.8) is 0 Å². The zero-order valence-electron chi connectivity index (χ0n) is 16.8. The normalized spacial score (nSPS) is 16.7. The minimum Gasteiger partial charge on any atom is -0.488 e. The molecule has 0 saturated heterocycles. The van der Waals surface area contributed by atoms with E-state index >= 15 is 0 Å². The number of guanidine groups is 1. The van der Waals surface area contributed by atoms with Gasteiger partial charge in [0.15, 0.2) is 5.96 Å². The number of para-hydroxylation sites is 1. The van der Waals surface area contributed by atoms with Gasteiger partial charge in [-0.25, -0.2) is 9.98 Å². The molecule has 0 fully saturated rings. The second kappa shape index (κ2) is 11.0. The molecule has 1 N–H and O–H groups in total. The van der Waals surface area contributed by atoms with E-state index in [-0.39, 0.29) is 36.2 Å². The van der Waals surface area contributed by atoms with Crippen molar-refractivity contribution >= 4 is 41.3 Å². The van der Waals surface area contributed by atoms with Crippen LogP contribution in [0.15, 0.2) is 34.6 Å². The highest BCUT2D eigenvalue weighted by molar-refractivity contribution is 14.0. The lowest BCUT2D eigenvalue weighted by Gasteiger charge is -2.21. The zero-order chi connectivity index (χ0) is 19.2. The number of ether oxygens (including phenoxy) is 2. The maximum atomic E-state index is 6.00. The molecule has 0 saturated carbocycles. The molecule has 1 aliphatic rings. The van der Waals surface area contributed by atoms with Crippen LogP contribution in [0.3, 0.4) is 0 Å². The number of rotatable bonds is 7. The summed E-state index contributed by atoms with van der Waals surface area (Å²) >= 11 is 1.63. The number of nitrogens with zero attached hydrogens (tertiary/aromatic N) is 3. The van der Waals surface area contributed by atoms with Gasteiger partial charge in [0, 0.05) is 32.5 Å². The van der Waals surface area contributed by atoms with Crippen molar-refractivity contribution in [2.45, 2.75) is 39.0 Å². The molecule has 0 bridgehead atoms. The Kier molecular flexibility index (Phi) is 8.97. The Morgan fingerprint density at radius 1 is 1.46 bits per heavy atom. The standard InChI is InChI=1S/C20H28N4O2S.HI/c1-5-21-20(22-11-17-10-15-8-6-7-9-18(15)26-17)24(3)12-16-13-27-19(23-16)14(2)25-4;/h6-9,13-14,17H,5,10-12H2,1-4H3,(H,21,22);1H. The van der Waals surface area contributed by atoms with Gasteiger partial charge >= 0.3 is 0 Å². The van der Waals surface area contributed by atoms with E-state index in [9.17, 15) is 0 Å². The number of halogens is 1. The fourth-order valence-electron chi connectivity index (χ4n) is 3.01. The van der Waals surface area contributed by atoms with Crippen molar-refractivity contribution < 1.29 is 9.47 Å². The molecule has 0 aliphatic carbocycles. The second-order valence-electron chi connectivity index (χ2n) is 6.66. The van der Waals surface area contributed by atoms with Crippen molar-refractivity contribution in [3.8, 4) is 5.75 Å². The summed E-state index contributed by atoms with van der Waals surface area (Å²) < 4.78 is 11.3. The topological polar surface area (TPSA) is 59.0 Å². The van der Waals surface area contributed by atoms with Crippen molar-refractivity contribution in [1.29, 1.82) is 0 Å². The van der Waals surface area contributed by atoms with E-state index < -0.39 is 0 Å². The first-order chi connectivity index (χ1) is 13.1. The minimum absolute atomic E-state index is 0. The summed E-state index contributed by atoms with van der Waals surface area (Å²) in [6.45, 7) is 6.23. The number of hydrogen-bond acceptors (Lipinski definition) is 5. The minimum atomic E-state index is 0. The number of aromatic nitrogens is 1. The Labute approximate surface area is 188 Å². The van der Waals surface area contributed by atoms with Gasteiger partial charge < -0.3 is 19.7 Å². The third kappa shape index (κ3) is 5.81. The zero-order valence-corrected chi connectivity index (χ0v) is 20.0. The van der Waals surface area contributed by atoms with Crippen LogP contribution in [-0.2, 0) is 17.7 Å². The highest BCUT2D eigenvalue weighted by atomic mass is 127. The predicted octanol–water partition coefficient (Wildman–Crippen LogP) is 3.87. The van der Waals surface area contributed by atoms with Crippen LogP contribution >= 0.6 is 35.3 Å². The number of hydrogen-bond donors (Lipinski definition) is 1. The molecule has 1 aromatic carbocycles. The average molecular weight is 516 g/mol. The van der Waals surface area contributed by atoms with Gasteiger partial charge in [-0.15, -0.1) is 35.3 Å². The molecule has 2 heterocycles. The van der Waals surface area contributed by atoms with Crippen LogP contribution in [0.4, 0.5) is 0 Å². The van der Waals surface area contributed by atoms with Gasteiger partial charge in [0.25, 0.3) is 0 Å². The smallest absolute Gasteiger partial charge is 0.194 e. The molecule has 2 atom stereocenters. The van der Waals surface area contributed by atoms with Gasteiger partial charge in [-0.05, 0) is 25.5 Å². The summed E-state index contributed by atoms with van der Waals surface area (Å²) in [5.41, 5.74) is 2.29. The first-order valence-electron chi connectivity index (χ1n) is 9.31. The maximum Gasteiger partial charge on any atom is 0.194 e. The molecule has 154 valence electrons. The van der Waals surface area contributed by atoms with Crippen LogP contribution in [-0.4, -0.2) is 49.2 Å². The van der Waals surface area contributed by atoms with Gasteiger partial charge in [0.05, 0.1) is 18.8 Å². The lowest BCUT2D eigenvalue weighted by Crippen LogP contribution is -2.39. The number of methoxy groups -OCH3 is 1. The van der Waals surface area contributed by atoms with E-state index in [0.29, 0.717) is 13.1 Å².